The molecular formula is C30H28N2O6. The van der Waals surface area contributed by atoms with Gasteiger partial charge < -0.3 is 19.3 Å². The van der Waals surface area contributed by atoms with Gasteiger partial charge in [0.25, 0.3) is 5.91 Å². The quantitative estimate of drug-likeness (QED) is 0.305. The predicted octanol–water partition coefficient (Wildman–Crippen LogP) is 3.57. The standard InChI is InChI=1S/C30H28N2O6/c1-5-15-31-22-13-9-7-11-19(22)24(25(31)33)20(26(34)37-3)17-29(28(36)38-4)18-30(29)21-12-8-10-14-23(21)32(16-6-2)27(30)35/h5-14H,1-2,15-18H2,3-4H3/b24-20+/t29-,30+/m1/s1. The lowest BCUT2D eigenvalue weighted by atomic mass is 9.81. The Morgan fingerprint density at radius 1 is 0.921 bits per heavy atom. The van der Waals surface area contributed by atoms with Gasteiger partial charge in [-0.15, -0.1) is 13.2 Å². The van der Waals surface area contributed by atoms with Gasteiger partial charge in [0, 0.05) is 24.3 Å². The average molecular weight is 513 g/mol. The van der Waals surface area contributed by atoms with Crippen molar-refractivity contribution in [1.29, 1.82) is 0 Å². The molecule has 1 aliphatic carbocycles. The maximum atomic E-state index is 14.0. The zero-order valence-corrected chi connectivity index (χ0v) is 21.4. The molecule has 194 valence electrons. The van der Waals surface area contributed by atoms with E-state index in [0.29, 0.717) is 22.5 Å². The fraction of sp³-hybridized carbons (Fsp3) is 0.267. The minimum absolute atomic E-state index is 0.0336. The third-order valence-electron chi connectivity index (χ3n) is 7.86. The molecule has 38 heavy (non-hydrogen) atoms. The highest BCUT2D eigenvalue weighted by Gasteiger charge is 2.80. The first-order valence-corrected chi connectivity index (χ1v) is 12.3. The summed E-state index contributed by atoms with van der Waals surface area (Å²) in [5, 5.41) is 0. The smallest absolute Gasteiger partial charge is 0.334 e. The molecule has 2 aromatic rings. The van der Waals surface area contributed by atoms with Crippen LogP contribution < -0.4 is 9.80 Å². The number of rotatable bonds is 8. The molecule has 5 rings (SSSR count). The van der Waals surface area contributed by atoms with Crippen molar-refractivity contribution < 1.29 is 28.7 Å². The van der Waals surface area contributed by atoms with E-state index >= 15 is 0 Å². The highest BCUT2D eigenvalue weighted by atomic mass is 16.5. The summed E-state index contributed by atoms with van der Waals surface area (Å²) in [6.45, 7) is 8.02. The van der Waals surface area contributed by atoms with Crippen molar-refractivity contribution in [3.63, 3.8) is 0 Å². The third-order valence-corrected chi connectivity index (χ3v) is 7.86. The number of para-hydroxylation sites is 2. The van der Waals surface area contributed by atoms with E-state index in [1.807, 2.05) is 24.3 Å². The Morgan fingerprint density at radius 3 is 2.21 bits per heavy atom. The number of anilines is 2. The van der Waals surface area contributed by atoms with Crippen molar-refractivity contribution in [1.82, 2.24) is 0 Å². The molecule has 8 nitrogen and oxygen atoms in total. The number of hydrogen-bond acceptors (Lipinski definition) is 6. The van der Waals surface area contributed by atoms with Crippen LogP contribution >= 0.6 is 0 Å². The Bertz CT molecular complexity index is 1440. The average Bonchev–Trinajstić information content (AvgIpc) is 3.47. The van der Waals surface area contributed by atoms with Crippen molar-refractivity contribution in [2.24, 2.45) is 5.41 Å². The second-order valence-corrected chi connectivity index (χ2v) is 9.62. The number of ether oxygens (including phenoxy) is 2. The van der Waals surface area contributed by atoms with Gasteiger partial charge in [-0.3, -0.25) is 14.4 Å². The van der Waals surface area contributed by atoms with Crippen LogP contribution in [-0.4, -0.2) is 51.1 Å². The molecule has 0 radical (unpaired) electrons. The van der Waals surface area contributed by atoms with Crippen LogP contribution in [-0.2, 0) is 34.1 Å². The Balaban J connectivity index is 1.71. The maximum absolute atomic E-state index is 14.0. The van der Waals surface area contributed by atoms with Gasteiger partial charge in [-0.1, -0.05) is 48.6 Å². The summed E-state index contributed by atoms with van der Waals surface area (Å²) in [5.41, 5.74) is 0.122. The second-order valence-electron chi connectivity index (χ2n) is 9.62. The van der Waals surface area contributed by atoms with Gasteiger partial charge in [-0.05, 0) is 30.5 Å². The van der Waals surface area contributed by atoms with E-state index in [2.05, 4.69) is 13.2 Å². The molecule has 0 bridgehead atoms. The fourth-order valence-corrected chi connectivity index (χ4v) is 6.17. The van der Waals surface area contributed by atoms with Crippen LogP contribution in [0.25, 0.3) is 5.57 Å². The molecule has 2 aromatic carbocycles. The van der Waals surface area contributed by atoms with E-state index in [0.717, 1.165) is 0 Å². The lowest BCUT2D eigenvalue weighted by Crippen LogP contribution is -2.39. The number of benzene rings is 2. The zero-order chi connectivity index (χ0) is 27.2. The molecule has 8 heteroatoms. The summed E-state index contributed by atoms with van der Waals surface area (Å²) in [7, 11) is 2.49. The van der Waals surface area contributed by atoms with Gasteiger partial charge >= 0.3 is 11.9 Å². The summed E-state index contributed by atoms with van der Waals surface area (Å²) in [5.74, 6) is -2.02. The molecule has 1 spiro atoms. The van der Waals surface area contributed by atoms with Crippen LogP contribution in [0.3, 0.4) is 0 Å². The molecule has 1 fully saturated rings. The van der Waals surface area contributed by atoms with Crippen LogP contribution in [0.2, 0.25) is 0 Å². The molecule has 3 aliphatic rings. The number of carbonyl (C=O) groups excluding carboxylic acids is 4. The van der Waals surface area contributed by atoms with E-state index in [-0.39, 0.29) is 43.0 Å². The van der Waals surface area contributed by atoms with E-state index in [1.165, 1.54) is 19.1 Å². The highest BCUT2D eigenvalue weighted by Crippen LogP contribution is 2.72. The van der Waals surface area contributed by atoms with Gasteiger partial charge in [0.15, 0.2) is 0 Å². The number of nitrogens with zero attached hydrogens (tertiary/aromatic N) is 2. The van der Waals surface area contributed by atoms with Gasteiger partial charge in [0.2, 0.25) is 5.91 Å². The van der Waals surface area contributed by atoms with Gasteiger partial charge in [-0.25, -0.2) is 4.79 Å². The van der Waals surface area contributed by atoms with Crippen LogP contribution in [0.1, 0.15) is 24.0 Å². The largest absolute Gasteiger partial charge is 0.469 e. The maximum Gasteiger partial charge on any atom is 0.334 e. The SMILES string of the molecule is C=CCN1C(=O)/C(=C(\C[C@]2(C(=O)OC)C[C@]23C(=O)N(CC=C)c2ccccc23)C(=O)OC)c2ccccc21. The van der Waals surface area contributed by atoms with Crippen molar-refractivity contribution in [2.75, 3.05) is 37.1 Å². The molecule has 2 aliphatic heterocycles. The Labute approximate surface area is 220 Å². The number of hydrogen-bond donors (Lipinski definition) is 0. The minimum atomic E-state index is -1.40. The number of fused-ring (bicyclic) bond motifs is 3. The first kappa shape index (κ1) is 25.2. The second kappa shape index (κ2) is 9.13. The lowest BCUT2D eigenvalue weighted by molar-refractivity contribution is -0.149. The van der Waals surface area contributed by atoms with Crippen LogP contribution in [0, 0.1) is 5.41 Å². The van der Waals surface area contributed by atoms with Crippen molar-refractivity contribution in [2.45, 2.75) is 18.3 Å². The van der Waals surface area contributed by atoms with Crippen molar-refractivity contribution >= 4 is 40.7 Å². The normalized spacial score (nSPS) is 24.2. The van der Waals surface area contributed by atoms with Crippen LogP contribution in [0.15, 0.2) is 79.4 Å². The van der Waals surface area contributed by atoms with E-state index < -0.39 is 28.7 Å². The zero-order valence-electron chi connectivity index (χ0n) is 21.4. The topological polar surface area (TPSA) is 93.2 Å². The molecular weight excluding hydrogens is 484 g/mol. The lowest BCUT2D eigenvalue weighted by Gasteiger charge is -2.22. The number of carbonyl (C=O) groups is 4. The summed E-state index contributed by atoms with van der Waals surface area (Å²) >= 11 is 0. The number of amides is 2. The Hall–Kier alpha value is -4.46. The molecule has 0 saturated heterocycles. The fourth-order valence-electron chi connectivity index (χ4n) is 6.17. The highest BCUT2D eigenvalue weighted by molar-refractivity contribution is 6.36. The summed E-state index contributed by atoms with van der Waals surface area (Å²) in [6.07, 6.45) is 3.16. The monoisotopic (exact) mass is 512 g/mol. The van der Waals surface area contributed by atoms with Gasteiger partial charge in [0.05, 0.1) is 41.9 Å². The van der Waals surface area contributed by atoms with Gasteiger partial charge in [0.1, 0.15) is 0 Å². The molecule has 0 N–H and O–H groups in total. The van der Waals surface area contributed by atoms with E-state index in [9.17, 15) is 19.2 Å². The van der Waals surface area contributed by atoms with Crippen molar-refractivity contribution in [3.8, 4) is 0 Å². The predicted molar refractivity (Wildman–Crippen MR) is 142 cm³/mol. The summed E-state index contributed by atoms with van der Waals surface area (Å²) < 4.78 is 10.4. The van der Waals surface area contributed by atoms with Crippen LogP contribution in [0.4, 0.5) is 11.4 Å². The molecule has 1 saturated carbocycles. The third kappa shape index (κ3) is 3.22. The van der Waals surface area contributed by atoms with Gasteiger partial charge in [-0.2, -0.15) is 0 Å². The molecule has 0 aromatic heterocycles. The number of esters is 2. The molecule has 2 amide bonds. The molecule has 2 atom stereocenters. The van der Waals surface area contributed by atoms with E-state index in [1.54, 1.807) is 41.3 Å². The Kier molecular flexibility index (Phi) is 6.06. The minimum Gasteiger partial charge on any atom is -0.469 e. The Morgan fingerprint density at radius 2 is 1.55 bits per heavy atom. The number of methoxy groups -OCH3 is 2. The molecule has 0 unspecified atom stereocenters. The first-order chi connectivity index (χ1) is 18.3. The summed E-state index contributed by atoms with van der Waals surface area (Å²) in [4.78, 5) is 57.6. The van der Waals surface area contributed by atoms with Crippen molar-refractivity contribution in [3.05, 3.63) is 90.5 Å². The summed E-state index contributed by atoms with van der Waals surface area (Å²) in [6, 6.07) is 14.4. The van der Waals surface area contributed by atoms with E-state index in [4.69, 9.17) is 9.47 Å². The first-order valence-electron chi connectivity index (χ1n) is 12.3. The van der Waals surface area contributed by atoms with Crippen LogP contribution in [0.5, 0.6) is 0 Å². The molecule has 2 heterocycles.